The van der Waals surface area contributed by atoms with Crippen LogP contribution in [-0.2, 0) is 16.0 Å². The lowest BCUT2D eigenvalue weighted by molar-refractivity contribution is -0.127. The van der Waals surface area contributed by atoms with Crippen molar-refractivity contribution < 1.29 is 19.1 Å². The summed E-state index contributed by atoms with van der Waals surface area (Å²) in [6.07, 6.45) is 0.940. The number of nitrogens with one attached hydrogen (secondary N) is 1. The predicted octanol–water partition coefficient (Wildman–Crippen LogP) is 1.84. The van der Waals surface area contributed by atoms with E-state index in [2.05, 4.69) is 5.32 Å². The van der Waals surface area contributed by atoms with Crippen LogP contribution in [-0.4, -0.2) is 48.7 Å². The zero-order valence-electron chi connectivity index (χ0n) is 15.2. The smallest absolute Gasteiger partial charge is 0.292 e. The van der Waals surface area contributed by atoms with E-state index in [1.165, 1.54) is 0 Å². The number of carbonyl (C=O) groups excluding carboxylic acids is 3. The average molecular weight is 366 g/mol. The molecule has 2 aromatic carbocycles. The Bertz CT molecular complexity index is 818. The van der Waals surface area contributed by atoms with Crippen LogP contribution < -0.4 is 10.1 Å². The van der Waals surface area contributed by atoms with E-state index in [-0.39, 0.29) is 18.4 Å². The highest BCUT2D eigenvalue weighted by atomic mass is 16.5. The normalized spacial score (nSPS) is 16.3. The highest BCUT2D eigenvalue weighted by Gasteiger charge is 2.31. The number of carbonyl (C=O) groups is 3. The summed E-state index contributed by atoms with van der Waals surface area (Å²) in [5.41, 5.74) is 1.45. The summed E-state index contributed by atoms with van der Waals surface area (Å²) in [7, 11) is 1.62. The van der Waals surface area contributed by atoms with Gasteiger partial charge in [-0.1, -0.05) is 42.5 Å². The first-order valence-corrected chi connectivity index (χ1v) is 8.88. The summed E-state index contributed by atoms with van der Waals surface area (Å²) in [5, 5.41) is 2.68. The Labute approximate surface area is 158 Å². The molecule has 0 saturated carbocycles. The molecule has 2 amide bonds. The second-order valence-electron chi connectivity index (χ2n) is 6.51. The molecule has 1 aliphatic heterocycles. The van der Waals surface area contributed by atoms with Crippen LogP contribution in [0.3, 0.4) is 0 Å². The minimum Gasteiger partial charge on any atom is -0.497 e. The Morgan fingerprint density at radius 2 is 1.81 bits per heavy atom. The Morgan fingerprint density at radius 1 is 1.11 bits per heavy atom. The zero-order valence-corrected chi connectivity index (χ0v) is 15.2. The second-order valence-corrected chi connectivity index (χ2v) is 6.51. The second kappa shape index (κ2) is 8.49. The molecule has 1 heterocycles. The highest BCUT2D eigenvalue weighted by Crippen LogP contribution is 2.15. The first kappa shape index (κ1) is 18.6. The lowest BCUT2D eigenvalue weighted by atomic mass is 10.1. The molecule has 3 rings (SSSR count). The van der Waals surface area contributed by atoms with Crippen molar-refractivity contribution in [2.45, 2.75) is 18.9 Å². The van der Waals surface area contributed by atoms with E-state index < -0.39 is 11.7 Å². The Morgan fingerprint density at radius 3 is 2.48 bits per heavy atom. The maximum Gasteiger partial charge on any atom is 0.292 e. The Hall–Kier alpha value is -3.15. The number of Topliss-reactive ketones (excluding diaryl/α,β-unsaturated/α-hetero) is 1. The van der Waals surface area contributed by atoms with Gasteiger partial charge in [-0.2, -0.15) is 0 Å². The van der Waals surface area contributed by atoms with E-state index in [1.807, 2.05) is 24.3 Å². The molecule has 0 spiro atoms. The fourth-order valence-corrected chi connectivity index (χ4v) is 3.11. The third-order valence-corrected chi connectivity index (χ3v) is 4.62. The molecule has 0 aliphatic carbocycles. The largest absolute Gasteiger partial charge is 0.497 e. The number of benzene rings is 2. The number of nitrogens with zero attached hydrogens (tertiary/aromatic N) is 1. The molecule has 1 saturated heterocycles. The molecular formula is C21H22N2O4. The van der Waals surface area contributed by atoms with Crippen LogP contribution in [0.1, 0.15) is 22.3 Å². The number of ketones is 1. The fraction of sp³-hybridized carbons (Fsp3) is 0.286. The van der Waals surface area contributed by atoms with E-state index in [1.54, 1.807) is 42.3 Å². The van der Waals surface area contributed by atoms with Crippen LogP contribution in [0.25, 0.3) is 0 Å². The maximum absolute atomic E-state index is 12.2. The number of methoxy groups -OCH3 is 1. The lowest BCUT2D eigenvalue weighted by Crippen LogP contribution is -2.41. The number of likely N-dealkylation sites (tertiary alicyclic amines) is 1. The summed E-state index contributed by atoms with van der Waals surface area (Å²) in [6, 6.07) is 15.8. The summed E-state index contributed by atoms with van der Waals surface area (Å²) in [5.74, 6) is -0.474. The molecule has 1 aliphatic rings. The van der Waals surface area contributed by atoms with Crippen molar-refractivity contribution in [2.24, 2.45) is 0 Å². The summed E-state index contributed by atoms with van der Waals surface area (Å²) >= 11 is 0. The van der Waals surface area contributed by atoms with Gasteiger partial charge in [0.15, 0.2) is 0 Å². The third-order valence-electron chi connectivity index (χ3n) is 4.62. The van der Waals surface area contributed by atoms with Gasteiger partial charge in [0, 0.05) is 25.1 Å². The van der Waals surface area contributed by atoms with Crippen molar-refractivity contribution in [3.8, 4) is 5.75 Å². The van der Waals surface area contributed by atoms with E-state index in [4.69, 9.17) is 4.74 Å². The molecule has 0 aromatic heterocycles. The number of amides is 2. The van der Waals surface area contributed by atoms with Crippen LogP contribution in [0.15, 0.2) is 54.6 Å². The minimum atomic E-state index is -0.670. The van der Waals surface area contributed by atoms with Crippen LogP contribution in [0.5, 0.6) is 5.75 Å². The van der Waals surface area contributed by atoms with Gasteiger partial charge in [-0.15, -0.1) is 0 Å². The number of ether oxygens (including phenoxy) is 1. The fourth-order valence-electron chi connectivity index (χ4n) is 3.11. The first-order valence-electron chi connectivity index (χ1n) is 8.88. The summed E-state index contributed by atoms with van der Waals surface area (Å²) in [6.45, 7) is 0.993. The molecule has 1 N–H and O–H groups in total. The van der Waals surface area contributed by atoms with Gasteiger partial charge < -0.3 is 15.0 Å². The molecule has 1 atom stereocenters. The van der Waals surface area contributed by atoms with Gasteiger partial charge in [-0.3, -0.25) is 14.4 Å². The van der Waals surface area contributed by atoms with Crippen molar-refractivity contribution in [2.75, 3.05) is 20.2 Å². The van der Waals surface area contributed by atoms with Gasteiger partial charge in [0.2, 0.25) is 11.7 Å². The predicted molar refractivity (Wildman–Crippen MR) is 101 cm³/mol. The lowest BCUT2D eigenvalue weighted by Gasteiger charge is -2.17. The molecule has 0 bridgehead atoms. The van der Waals surface area contributed by atoms with Crippen molar-refractivity contribution >= 4 is 17.6 Å². The van der Waals surface area contributed by atoms with E-state index in [9.17, 15) is 14.4 Å². The highest BCUT2D eigenvalue weighted by molar-refractivity contribution is 6.42. The monoisotopic (exact) mass is 366 g/mol. The molecule has 1 fully saturated rings. The van der Waals surface area contributed by atoms with Gasteiger partial charge in [-0.25, -0.2) is 0 Å². The molecule has 1 unspecified atom stereocenters. The third kappa shape index (κ3) is 4.73. The van der Waals surface area contributed by atoms with Crippen molar-refractivity contribution in [3.63, 3.8) is 0 Å². The summed E-state index contributed by atoms with van der Waals surface area (Å²) < 4.78 is 5.13. The van der Waals surface area contributed by atoms with E-state index >= 15 is 0 Å². The standard InChI is InChI=1S/C21H22N2O4/c1-27-18-9-7-15(8-10-18)11-12-23-14-17(13-19(23)24)22-21(26)20(25)16-5-3-2-4-6-16/h2-10,17H,11-14H2,1H3,(H,22,26). The van der Waals surface area contributed by atoms with E-state index in [0.717, 1.165) is 17.7 Å². The van der Waals surface area contributed by atoms with Crippen molar-refractivity contribution in [3.05, 3.63) is 65.7 Å². The van der Waals surface area contributed by atoms with Gasteiger partial charge in [-0.05, 0) is 24.1 Å². The van der Waals surface area contributed by atoms with E-state index in [0.29, 0.717) is 18.7 Å². The number of hydrogen-bond acceptors (Lipinski definition) is 4. The van der Waals surface area contributed by atoms with Crippen LogP contribution in [0, 0.1) is 0 Å². The molecular weight excluding hydrogens is 344 g/mol. The first-order chi connectivity index (χ1) is 13.1. The van der Waals surface area contributed by atoms with Crippen LogP contribution in [0.4, 0.5) is 0 Å². The summed E-state index contributed by atoms with van der Waals surface area (Å²) in [4.78, 5) is 38.2. The quantitative estimate of drug-likeness (QED) is 0.599. The Kier molecular flexibility index (Phi) is 5.86. The number of rotatable bonds is 7. The average Bonchev–Trinajstić information content (AvgIpc) is 3.05. The van der Waals surface area contributed by atoms with Gasteiger partial charge >= 0.3 is 0 Å². The topological polar surface area (TPSA) is 75.7 Å². The molecule has 0 radical (unpaired) electrons. The van der Waals surface area contributed by atoms with Gasteiger partial charge in [0.05, 0.1) is 13.2 Å². The van der Waals surface area contributed by atoms with Crippen molar-refractivity contribution in [1.29, 1.82) is 0 Å². The molecule has 27 heavy (non-hydrogen) atoms. The SMILES string of the molecule is COc1ccc(CCN2CC(NC(=O)C(=O)c3ccccc3)CC2=O)cc1. The van der Waals surface area contributed by atoms with Crippen molar-refractivity contribution in [1.82, 2.24) is 10.2 Å². The van der Waals surface area contributed by atoms with Gasteiger partial charge in [0.25, 0.3) is 5.91 Å². The van der Waals surface area contributed by atoms with Crippen LogP contribution in [0.2, 0.25) is 0 Å². The molecule has 6 nitrogen and oxygen atoms in total. The maximum atomic E-state index is 12.2. The Balaban J connectivity index is 1.50. The minimum absolute atomic E-state index is 0.0130. The molecule has 140 valence electrons. The van der Waals surface area contributed by atoms with Gasteiger partial charge in [0.1, 0.15) is 5.75 Å². The number of hydrogen-bond donors (Lipinski definition) is 1. The zero-order chi connectivity index (χ0) is 19.2. The molecule has 2 aromatic rings. The molecule has 6 heteroatoms. The van der Waals surface area contributed by atoms with Crippen LogP contribution >= 0.6 is 0 Å².